The van der Waals surface area contributed by atoms with Crippen molar-refractivity contribution >= 4 is 27.6 Å². The molecule has 2 aromatic heterocycles. The Morgan fingerprint density at radius 3 is 1.89 bits per heavy atom. The molecule has 0 saturated carbocycles. The number of hydrogen-bond donors (Lipinski definition) is 1. The number of nitrogens with two attached hydrogens (primary N) is 1. The van der Waals surface area contributed by atoms with Crippen LogP contribution in [0, 0.1) is 6.92 Å². The van der Waals surface area contributed by atoms with E-state index in [0.717, 1.165) is 28.9 Å². The van der Waals surface area contributed by atoms with Gasteiger partial charge in [0.2, 0.25) is 0 Å². The van der Waals surface area contributed by atoms with E-state index in [1.54, 1.807) is 0 Å². The van der Waals surface area contributed by atoms with Gasteiger partial charge in [0.1, 0.15) is 5.82 Å². The lowest BCUT2D eigenvalue weighted by atomic mass is 9.85. The van der Waals surface area contributed by atoms with Gasteiger partial charge >= 0.3 is 0 Å². The molecule has 5 heteroatoms. The van der Waals surface area contributed by atoms with Crippen LogP contribution in [0.15, 0.2) is 36.4 Å². The molecule has 37 heavy (non-hydrogen) atoms. The highest BCUT2D eigenvalue weighted by molar-refractivity contribution is 5.87. The number of rotatable bonds is 0. The Balaban J connectivity index is 0.000000152. The molecular formula is C32H39N3O2. The molecule has 194 valence electrons. The molecule has 0 spiro atoms. The van der Waals surface area contributed by atoms with Crippen LogP contribution in [-0.4, -0.2) is 9.97 Å². The summed E-state index contributed by atoms with van der Waals surface area (Å²) in [7, 11) is 0. The van der Waals surface area contributed by atoms with Gasteiger partial charge in [-0.3, -0.25) is 4.98 Å². The molecule has 5 nitrogen and oxygen atoms in total. The predicted octanol–water partition coefficient (Wildman–Crippen LogP) is 7.58. The fourth-order valence-corrected chi connectivity index (χ4v) is 5.31. The smallest absolute Gasteiger partial charge is 0.130 e. The van der Waals surface area contributed by atoms with Gasteiger partial charge in [0.25, 0.3) is 0 Å². The minimum atomic E-state index is 0.0465. The van der Waals surface area contributed by atoms with Crippen LogP contribution in [0.1, 0.15) is 93.6 Å². The van der Waals surface area contributed by atoms with Gasteiger partial charge in [-0.15, -0.1) is 0 Å². The van der Waals surface area contributed by atoms with Gasteiger partial charge < -0.3 is 15.2 Å². The molecule has 0 radical (unpaired) electrons. The lowest BCUT2D eigenvalue weighted by Gasteiger charge is -2.20. The van der Waals surface area contributed by atoms with Gasteiger partial charge in [0, 0.05) is 27.6 Å². The fraction of sp³-hybridized carbons (Fsp3) is 0.438. The van der Waals surface area contributed by atoms with Crippen LogP contribution >= 0.6 is 0 Å². The van der Waals surface area contributed by atoms with Gasteiger partial charge in [-0.2, -0.15) is 0 Å². The summed E-state index contributed by atoms with van der Waals surface area (Å²) >= 11 is 0. The molecule has 1 atom stereocenters. The number of pyridine rings is 2. The second kappa shape index (κ2) is 9.07. The van der Waals surface area contributed by atoms with Gasteiger partial charge in [-0.25, -0.2) is 4.98 Å². The zero-order valence-corrected chi connectivity index (χ0v) is 23.5. The summed E-state index contributed by atoms with van der Waals surface area (Å²) in [5, 5.41) is 2.45. The average Bonchev–Trinajstić information content (AvgIpc) is 3.46. The summed E-state index contributed by atoms with van der Waals surface area (Å²) in [6, 6.07) is 13.1. The van der Waals surface area contributed by atoms with Gasteiger partial charge in [-0.1, -0.05) is 53.7 Å². The van der Waals surface area contributed by atoms with Crippen molar-refractivity contribution in [1.29, 1.82) is 0 Å². The molecule has 2 aliphatic rings. The van der Waals surface area contributed by atoms with Crippen molar-refractivity contribution < 1.29 is 9.47 Å². The first kappa shape index (κ1) is 25.6. The Morgan fingerprint density at radius 1 is 0.757 bits per heavy atom. The van der Waals surface area contributed by atoms with Crippen molar-refractivity contribution in [2.24, 2.45) is 0 Å². The monoisotopic (exact) mass is 497 g/mol. The number of nitrogens with zero attached hydrogens (tertiary/aromatic N) is 2. The van der Waals surface area contributed by atoms with Crippen molar-refractivity contribution in [3.05, 3.63) is 75.5 Å². The minimum Gasteiger partial charge on any atom is -0.383 e. The first-order chi connectivity index (χ1) is 17.3. The molecule has 2 N–H and O–H groups in total. The molecular weight excluding hydrogens is 458 g/mol. The van der Waals surface area contributed by atoms with Crippen LogP contribution in [0.3, 0.4) is 0 Å². The van der Waals surface area contributed by atoms with Crippen molar-refractivity contribution in [3.8, 4) is 0 Å². The highest BCUT2D eigenvalue weighted by Gasteiger charge is 2.26. The maximum Gasteiger partial charge on any atom is 0.130 e. The number of fused-ring (bicyclic) bond motifs is 6. The summed E-state index contributed by atoms with van der Waals surface area (Å²) in [4.78, 5) is 9.21. The number of anilines is 1. The molecule has 0 fully saturated rings. The Labute approximate surface area is 220 Å². The molecule has 6 rings (SSSR count). The van der Waals surface area contributed by atoms with E-state index in [1.807, 2.05) is 6.92 Å². The molecule has 0 bridgehead atoms. The van der Waals surface area contributed by atoms with E-state index in [2.05, 4.69) is 89.8 Å². The second-order valence-electron chi connectivity index (χ2n) is 12.5. The van der Waals surface area contributed by atoms with Crippen LogP contribution < -0.4 is 5.73 Å². The third-order valence-corrected chi connectivity index (χ3v) is 7.68. The van der Waals surface area contributed by atoms with Crippen molar-refractivity contribution in [1.82, 2.24) is 9.97 Å². The number of ether oxygens (including phenoxy) is 2. The van der Waals surface area contributed by atoms with Crippen LogP contribution in [0.25, 0.3) is 21.8 Å². The lowest BCUT2D eigenvalue weighted by Crippen LogP contribution is -2.11. The van der Waals surface area contributed by atoms with Gasteiger partial charge in [0.15, 0.2) is 0 Å². The SMILES string of the molecule is CC1OCc2c1c(N)nc1ccc(C(C)(C)C)cc21.Cc1nc2ccc(C(C)(C)C)cc2c2c1COC2. The molecule has 4 heterocycles. The zero-order chi connectivity index (χ0) is 26.7. The number of aromatic nitrogens is 2. The van der Waals surface area contributed by atoms with Crippen molar-refractivity contribution in [3.63, 3.8) is 0 Å². The standard InChI is InChI=1S/C16H20N2O.C16H19NO/c1-9-14-12(8-19-9)11-7-10(16(2,3)4)5-6-13(11)18-15(14)17;1-10-13-8-18-9-14(13)12-7-11(16(2,3)4)5-6-15(12)17-10/h5-7,9H,8H2,1-4H3,(H2,17,18);5-7H,8-9H2,1-4H3. The van der Waals surface area contributed by atoms with Crippen LogP contribution in [0.4, 0.5) is 5.82 Å². The van der Waals surface area contributed by atoms with Crippen LogP contribution in [0.5, 0.6) is 0 Å². The van der Waals surface area contributed by atoms with Gasteiger partial charge in [-0.05, 0) is 71.2 Å². The molecule has 4 aromatic rings. The van der Waals surface area contributed by atoms with Crippen molar-refractivity contribution in [2.75, 3.05) is 5.73 Å². The topological polar surface area (TPSA) is 70.3 Å². The summed E-state index contributed by atoms with van der Waals surface area (Å²) in [6.07, 6.45) is 0.0465. The van der Waals surface area contributed by atoms with Crippen molar-refractivity contribution in [2.45, 2.75) is 92.1 Å². The Hall–Kier alpha value is -3.02. The van der Waals surface area contributed by atoms with E-state index in [9.17, 15) is 0 Å². The first-order valence-corrected chi connectivity index (χ1v) is 13.2. The lowest BCUT2D eigenvalue weighted by molar-refractivity contribution is 0.0801. The third-order valence-electron chi connectivity index (χ3n) is 7.68. The van der Waals surface area contributed by atoms with Crippen LogP contribution in [0.2, 0.25) is 0 Å². The molecule has 2 aliphatic heterocycles. The maximum atomic E-state index is 6.06. The highest BCUT2D eigenvalue weighted by atomic mass is 16.5. The number of hydrogen-bond acceptors (Lipinski definition) is 5. The predicted molar refractivity (Wildman–Crippen MR) is 152 cm³/mol. The largest absolute Gasteiger partial charge is 0.383 e. The molecule has 0 aliphatic carbocycles. The maximum absolute atomic E-state index is 6.06. The first-order valence-electron chi connectivity index (χ1n) is 13.2. The van der Waals surface area contributed by atoms with Crippen LogP contribution in [-0.2, 0) is 40.1 Å². The van der Waals surface area contributed by atoms with E-state index in [-0.39, 0.29) is 16.9 Å². The van der Waals surface area contributed by atoms with E-state index in [4.69, 9.17) is 20.2 Å². The Kier molecular flexibility index (Phi) is 6.28. The molecule has 0 amide bonds. The molecule has 0 saturated heterocycles. The second-order valence-corrected chi connectivity index (χ2v) is 12.5. The quantitative estimate of drug-likeness (QED) is 0.271. The fourth-order valence-electron chi connectivity index (χ4n) is 5.31. The highest BCUT2D eigenvalue weighted by Crippen LogP contribution is 2.39. The Bertz CT molecular complexity index is 1510. The number of nitrogen functional groups attached to an aromatic ring is 1. The normalized spacial score (nSPS) is 17.0. The molecule has 1 unspecified atom stereocenters. The van der Waals surface area contributed by atoms with E-state index in [0.29, 0.717) is 19.0 Å². The third kappa shape index (κ3) is 4.71. The summed E-state index contributed by atoms with van der Waals surface area (Å²) in [5.74, 6) is 0.607. The summed E-state index contributed by atoms with van der Waals surface area (Å²) in [5.41, 5.74) is 17.1. The average molecular weight is 498 g/mol. The minimum absolute atomic E-state index is 0.0465. The van der Waals surface area contributed by atoms with E-state index < -0.39 is 0 Å². The number of benzene rings is 2. The summed E-state index contributed by atoms with van der Waals surface area (Å²) < 4.78 is 11.3. The van der Waals surface area contributed by atoms with E-state index in [1.165, 1.54) is 38.6 Å². The van der Waals surface area contributed by atoms with Gasteiger partial charge in [0.05, 0.1) is 37.0 Å². The number of aryl methyl sites for hydroxylation is 1. The Morgan fingerprint density at radius 2 is 1.30 bits per heavy atom. The van der Waals surface area contributed by atoms with E-state index >= 15 is 0 Å². The zero-order valence-electron chi connectivity index (χ0n) is 23.5. The molecule has 2 aromatic carbocycles. The summed E-state index contributed by atoms with van der Waals surface area (Å²) in [6.45, 7) is 19.6.